The molecule has 6 nitrogen and oxygen atoms in total. The molecule has 0 aromatic heterocycles. The molecule has 6 heteroatoms. The lowest BCUT2D eigenvalue weighted by Crippen LogP contribution is -2.30. The predicted molar refractivity (Wildman–Crippen MR) is 284 cm³/mol. The number of esters is 3. The maximum Gasteiger partial charge on any atom is 0.306 e. The van der Waals surface area contributed by atoms with Gasteiger partial charge in [-0.05, 0) is 77.0 Å². The molecule has 0 radical (unpaired) electrons. The van der Waals surface area contributed by atoms with E-state index < -0.39 is 6.10 Å². The average Bonchev–Trinajstić information content (AvgIpc) is 3.31. The molecule has 0 saturated carbocycles. The predicted octanol–water partition coefficient (Wildman–Crippen LogP) is 19.3. The fraction of sp³-hybridized carbons (Fsp3) is 0.850. The summed E-state index contributed by atoms with van der Waals surface area (Å²) in [5.74, 6) is -0.878. The van der Waals surface area contributed by atoms with E-state index in [-0.39, 0.29) is 31.1 Å². The molecular weight excluding hydrogens is 817 g/mol. The van der Waals surface area contributed by atoms with Gasteiger partial charge in [0.2, 0.25) is 0 Å². The molecule has 0 fully saturated rings. The zero-order valence-electron chi connectivity index (χ0n) is 44.2. The van der Waals surface area contributed by atoms with Crippen LogP contribution in [0.5, 0.6) is 0 Å². The van der Waals surface area contributed by atoms with Gasteiger partial charge in [0.15, 0.2) is 6.10 Å². The number of hydrogen-bond donors (Lipinski definition) is 0. The molecule has 0 N–H and O–H groups in total. The Morgan fingerprint density at radius 3 is 0.848 bits per heavy atom. The van der Waals surface area contributed by atoms with Crippen molar-refractivity contribution in [3.63, 3.8) is 0 Å². The van der Waals surface area contributed by atoms with Gasteiger partial charge in [-0.3, -0.25) is 14.4 Å². The van der Waals surface area contributed by atoms with E-state index in [1.807, 2.05) is 0 Å². The quantitative estimate of drug-likeness (QED) is 0.0262. The summed E-state index contributed by atoms with van der Waals surface area (Å²) in [6.45, 7) is 6.59. The molecule has 66 heavy (non-hydrogen) atoms. The van der Waals surface area contributed by atoms with Gasteiger partial charge in [0.25, 0.3) is 0 Å². The lowest BCUT2D eigenvalue weighted by molar-refractivity contribution is -0.167. The second-order valence-corrected chi connectivity index (χ2v) is 19.6. The van der Waals surface area contributed by atoms with E-state index in [1.54, 1.807) is 0 Å². The average molecular weight is 928 g/mol. The molecule has 0 rings (SSSR count). The van der Waals surface area contributed by atoms with Crippen molar-refractivity contribution in [3.05, 3.63) is 36.5 Å². The van der Waals surface area contributed by atoms with E-state index in [9.17, 15) is 14.4 Å². The van der Waals surface area contributed by atoms with Crippen LogP contribution in [-0.2, 0) is 28.6 Å². The van der Waals surface area contributed by atoms with Crippen LogP contribution in [0.15, 0.2) is 36.5 Å². The maximum absolute atomic E-state index is 12.8. The molecule has 0 aliphatic carbocycles. The third-order valence-corrected chi connectivity index (χ3v) is 12.9. The second kappa shape index (κ2) is 55.2. The summed E-state index contributed by atoms with van der Waals surface area (Å²) >= 11 is 0. The second-order valence-electron chi connectivity index (χ2n) is 19.6. The highest BCUT2D eigenvalue weighted by molar-refractivity contribution is 5.71. The molecule has 0 aliphatic rings. The van der Waals surface area contributed by atoms with Gasteiger partial charge in [-0.2, -0.15) is 0 Å². The lowest BCUT2D eigenvalue weighted by atomic mass is 10.0. The van der Waals surface area contributed by atoms with Crippen LogP contribution in [0.1, 0.15) is 310 Å². The Labute approximate surface area is 410 Å². The monoisotopic (exact) mass is 927 g/mol. The van der Waals surface area contributed by atoms with E-state index in [1.165, 1.54) is 199 Å². The van der Waals surface area contributed by atoms with Gasteiger partial charge in [-0.25, -0.2) is 0 Å². The number of carbonyl (C=O) groups excluding carboxylic acids is 3. The number of unbranched alkanes of at least 4 members (excludes halogenated alkanes) is 36. The van der Waals surface area contributed by atoms with Crippen molar-refractivity contribution in [2.75, 3.05) is 13.2 Å². The molecule has 0 heterocycles. The molecule has 0 aliphatic heterocycles. The topological polar surface area (TPSA) is 78.9 Å². The van der Waals surface area contributed by atoms with Crippen molar-refractivity contribution >= 4 is 17.9 Å². The fourth-order valence-electron chi connectivity index (χ4n) is 8.47. The number of ether oxygens (including phenoxy) is 3. The normalized spacial score (nSPS) is 12.2. The summed E-state index contributed by atoms with van der Waals surface area (Å²) in [4.78, 5) is 37.8. The Hall–Kier alpha value is -2.37. The van der Waals surface area contributed by atoms with Crippen LogP contribution >= 0.6 is 0 Å². The highest BCUT2D eigenvalue weighted by atomic mass is 16.6. The Balaban J connectivity index is 4.04. The minimum absolute atomic E-state index is 0.0725. The molecular formula is C60H110O6. The Bertz CT molecular complexity index is 1110. The maximum atomic E-state index is 12.8. The van der Waals surface area contributed by atoms with E-state index in [4.69, 9.17) is 14.2 Å². The highest BCUT2D eigenvalue weighted by Gasteiger charge is 2.19. The van der Waals surface area contributed by atoms with E-state index in [0.29, 0.717) is 19.3 Å². The zero-order chi connectivity index (χ0) is 47.9. The van der Waals surface area contributed by atoms with Crippen LogP contribution in [0.25, 0.3) is 0 Å². The molecule has 386 valence electrons. The fourth-order valence-corrected chi connectivity index (χ4v) is 8.47. The molecule has 0 aromatic carbocycles. The molecule has 0 spiro atoms. The first-order chi connectivity index (χ1) is 32.5. The Morgan fingerprint density at radius 1 is 0.303 bits per heavy atom. The number of rotatable bonds is 53. The summed E-state index contributed by atoms with van der Waals surface area (Å²) in [5, 5.41) is 0. The Kier molecular flexibility index (Phi) is 53.2. The number of allylic oxidation sites excluding steroid dienone is 6. The first-order valence-corrected chi connectivity index (χ1v) is 29.0. The first kappa shape index (κ1) is 63.6. The van der Waals surface area contributed by atoms with Crippen molar-refractivity contribution in [1.82, 2.24) is 0 Å². The lowest BCUT2D eigenvalue weighted by Gasteiger charge is -2.18. The van der Waals surface area contributed by atoms with Gasteiger partial charge in [-0.1, -0.05) is 250 Å². The van der Waals surface area contributed by atoms with Gasteiger partial charge < -0.3 is 14.2 Å². The summed E-state index contributed by atoms with van der Waals surface area (Å²) < 4.78 is 16.7. The zero-order valence-corrected chi connectivity index (χ0v) is 44.2. The number of hydrogen-bond acceptors (Lipinski definition) is 6. The van der Waals surface area contributed by atoms with Gasteiger partial charge in [0.05, 0.1) is 0 Å². The van der Waals surface area contributed by atoms with Crippen molar-refractivity contribution in [3.8, 4) is 0 Å². The third kappa shape index (κ3) is 52.6. The van der Waals surface area contributed by atoms with Crippen molar-refractivity contribution in [2.24, 2.45) is 0 Å². The molecule has 1 atom stereocenters. The van der Waals surface area contributed by atoms with Crippen molar-refractivity contribution in [2.45, 2.75) is 316 Å². The van der Waals surface area contributed by atoms with Crippen LogP contribution in [-0.4, -0.2) is 37.2 Å². The standard InChI is InChI=1S/C60H110O6/c1-4-7-10-13-16-18-20-22-24-25-26-27-28-29-30-31-32-33-34-35-37-38-40-42-44-47-50-53-59(62)65-56-57(55-64-58(61)52-49-46-15-12-9-6-3)66-60(63)54-51-48-45-43-41-39-36-23-21-19-17-14-11-8-5-2/h20,22-23,25-26,36,57H,4-19,21,24,27-35,37-56H2,1-3H3/b22-20-,26-25-,36-23-. The van der Waals surface area contributed by atoms with Crippen molar-refractivity contribution < 1.29 is 28.6 Å². The van der Waals surface area contributed by atoms with Crippen LogP contribution in [0.3, 0.4) is 0 Å². The highest BCUT2D eigenvalue weighted by Crippen LogP contribution is 2.16. The van der Waals surface area contributed by atoms with E-state index in [2.05, 4.69) is 57.2 Å². The molecule has 1 unspecified atom stereocenters. The smallest absolute Gasteiger partial charge is 0.306 e. The summed E-state index contributed by atoms with van der Waals surface area (Å²) in [5.41, 5.74) is 0. The van der Waals surface area contributed by atoms with Gasteiger partial charge in [0.1, 0.15) is 13.2 Å². The van der Waals surface area contributed by atoms with Gasteiger partial charge >= 0.3 is 17.9 Å². The van der Waals surface area contributed by atoms with Crippen LogP contribution in [0.4, 0.5) is 0 Å². The molecule has 0 bridgehead atoms. The summed E-state index contributed by atoms with van der Waals surface area (Å²) in [6, 6.07) is 0. The van der Waals surface area contributed by atoms with E-state index in [0.717, 1.165) is 70.6 Å². The van der Waals surface area contributed by atoms with Crippen LogP contribution in [0.2, 0.25) is 0 Å². The summed E-state index contributed by atoms with van der Waals surface area (Å²) in [6.07, 6.45) is 66.1. The third-order valence-electron chi connectivity index (χ3n) is 12.9. The SMILES string of the molecule is CCCCCCC/C=C\C/C=C\CCCCCCCCCCCCCCCCCC(=O)OCC(COC(=O)CCCCCCCC)OC(=O)CCCCCCC/C=C\CCCCCCCC. The first-order valence-electron chi connectivity index (χ1n) is 29.0. The minimum atomic E-state index is -0.770. The molecule has 0 amide bonds. The largest absolute Gasteiger partial charge is 0.462 e. The van der Waals surface area contributed by atoms with Gasteiger partial charge in [-0.15, -0.1) is 0 Å². The Morgan fingerprint density at radius 2 is 0.545 bits per heavy atom. The summed E-state index contributed by atoms with van der Waals surface area (Å²) in [7, 11) is 0. The number of carbonyl (C=O) groups is 3. The van der Waals surface area contributed by atoms with E-state index >= 15 is 0 Å². The molecule has 0 saturated heterocycles. The molecule has 0 aromatic rings. The minimum Gasteiger partial charge on any atom is -0.462 e. The van der Waals surface area contributed by atoms with Crippen LogP contribution < -0.4 is 0 Å². The van der Waals surface area contributed by atoms with Crippen molar-refractivity contribution in [1.29, 1.82) is 0 Å². The van der Waals surface area contributed by atoms with Gasteiger partial charge in [0, 0.05) is 19.3 Å². The van der Waals surface area contributed by atoms with Crippen LogP contribution in [0, 0.1) is 0 Å².